The fourth-order valence-corrected chi connectivity index (χ4v) is 3.75. The molecule has 2 aliphatic heterocycles. The van der Waals surface area contributed by atoms with E-state index in [0.29, 0.717) is 24.1 Å². The lowest BCUT2D eigenvalue weighted by Crippen LogP contribution is -2.32. The number of rotatable bonds is 5. The van der Waals surface area contributed by atoms with Crippen LogP contribution in [0.5, 0.6) is 11.5 Å². The largest absolute Gasteiger partial charge is 0.493 e. The second-order valence-corrected chi connectivity index (χ2v) is 5.64. The number of nitrogens with zero attached hydrogens (tertiary/aromatic N) is 2. The molecule has 2 bridgehead atoms. The van der Waals surface area contributed by atoms with Gasteiger partial charge in [-0.05, 0) is 19.3 Å². The van der Waals surface area contributed by atoms with Gasteiger partial charge in [-0.15, -0.1) is 0 Å². The third-order valence-corrected chi connectivity index (χ3v) is 4.70. The van der Waals surface area contributed by atoms with Crippen molar-refractivity contribution in [3.8, 4) is 11.5 Å². The highest BCUT2D eigenvalue weighted by molar-refractivity contribution is 5.71. The van der Waals surface area contributed by atoms with Crippen LogP contribution in [-0.4, -0.2) is 47.3 Å². The molecule has 0 saturated carbocycles. The van der Waals surface area contributed by atoms with Crippen LogP contribution in [0.25, 0.3) is 0 Å². The maximum atomic E-state index is 11.3. The summed E-state index contributed by atoms with van der Waals surface area (Å²) >= 11 is 0. The Labute approximate surface area is 123 Å². The minimum absolute atomic E-state index is 0.116. The maximum absolute atomic E-state index is 11.3. The van der Waals surface area contributed by atoms with E-state index in [1.54, 1.807) is 26.5 Å². The van der Waals surface area contributed by atoms with E-state index in [2.05, 4.69) is 9.88 Å². The normalized spacial score (nSPS) is 27.8. The quantitative estimate of drug-likeness (QED) is 0.887. The highest BCUT2D eigenvalue weighted by atomic mass is 16.5. The van der Waals surface area contributed by atoms with Gasteiger partial charge < -0.3 is 14.6 Å². The lowest BCUT2D eigenvalue weighted by molar-refractivity contribution is -0.142. The van der Waals surface area contributed by atoms with Gasteiger partial charge in [0.25, 0.3) is 0 Å². The summed E-state index contributed by atoms with van der Waals surface area (Å²) in [6, 6.07) is 2.22. The van der Waals surface area contributed by atoms with Gasteiger partial charge in [-0.2, -0.15) is 0 Å². The molecule has 0 aliphatic carbocycles. The number of hydrogen-bond donors (Lipinski definition) is 1. The van der Waals surface area contributed by atoms with Crippen molar-refractivity contribution in [2.45, 2.75) is 37.9 Å². The molecule has 0 amide bonds. The smallest absolute Gasteiger partial charge is 0.308 e. The number of hydrogen-bond acceptors (Lipinski definition) is 5. The molecule has 2 fully saturated rings. The Morgan fingerprint density at radius 3 is 2.86 bits per heavy atom. The van der Waals surface area contributed by atoms with Crippen LogP contribution in [0.1, 0.15) is 25.0 Å². The Morgan fingerprint density at radius 2 is 2.24 bits per heavy atom. The number of aliphatic carboxylic acids is 1. The first-order valence-corrected chi connectivity index (χ1v) is 7.20. The average Bonchev–Trinajstić information content (AvgIpc) is 3.04. The Kier molecular flexibility index (Phi) is 3.71. The summed E-state index contributed by atoms with van der Waals surface area (Å²) in [6.45, 7) is 0.611. The van der Waals surface area contributed by atoms with Gasteiger partial charge in [0.15, 0.2) is 11.5 Å². The Balaban J connectivity index is 1.83. The summed E-state index contributed by atoms with van der Waals surface area (Å²) in [7, 11) is 3.20. The summed E-state index contributed by atoms with van der Waals surface area (Å²) in [5, 5.41) is 9.32. The van der Waals surface area contributed by atoms with Crippen molar-refractivity contribution >= 4 is 5.97 Å². The van der Waals surface area contributed by atoms with Crippen molar-refractivity contribution in [2.75, 3.05) is 14.2 Å². The third kappa shape index (κ3) is 2.33. The SMILES string of the molecule is COc1ccnc(CN2C3CCC2C(C(=O)O)C3)c1OC. The first-order valence-electron chi connectivity index (χ1n) is 7.20. The Bertz CT molecular complexity index is 548. The lowest BCUT2D eigenvalue weighted by Gasteiger charge is -2.23. The van der Waals surface area contributed by atoms with Crippen LogP contribution in [0.4, 0.5) is 0 Å². The summed E-state index contributed by atoms with van der Waals surface area (Å²) < 4.78 is 10.7. The van der Waals surface area contributed by atoms with E-state index in [9.17, 15) is 9.90 Å². The van der Waals surface area contributed by atoms with Crippen LogP contribution in [0, 0.1) is 5.92 Å². The second-order valence-electron chi connectivity index (χ2n) is 5.64. The fourth-order valence-electron chi connectivity index (χ4n) is 3.75. The molecular weight excluding hydrogens is 272 g/mol. The zero-order valence-electron chi connectivity index (χ0n) is 12.3. The average molecular weight is 292 g/mol. The third-order valence-electron chi connectivity index (χ3n) is 4.70. The molecule has 2 saturated heterocycles. The van der Waals surface area contributed by atoms with E-state index in [0.717, 1.165) is 25.0 Å². The predicted molar refractivity (Wildman–Crippen MR) is 75.4 cm³/mol. The van der Waals surface area contributed by atoms with Gasteiger partial charge >= 0.3 is 5.97 Å². The van der Waals surface area contributed by atoms with Gasteiger partial charge in [0, 0.05) is 30.9 Å². The summed E-state index contributed by atoms with van der Waals surface area (Å²) in [4.78, 5) is 18.0. The van der Waals surface area contributed by atoms with E-state index >= 15 is 0 Å². The predicted octanol–water partition coefficient (Wildman–Crippen LogP) is 1.54. The maximum Gasteiger partial charge on any atom is 0.308 e. The van der Waals surface area contributed by atoms with E-state index in [1.807, 2.05) is 0 Å². The number of carboxylic acid groups (broad SMARTS) is 1. The van der Waals surface area contributed by atoms with Crippen molar-refractivity contribution < 1.29 is 19.4 Å². The lowest BCUT2D eigenvalue weighted by atomic mass is 9.89. The fraction of sp³-hybridized carbons (Fsp3) is 0.600. The monoisotopic (exact) mass is 292 g/mol. The molecule has 2 aliphatic rings. The van der Waals surface area contributed by atoms with E-state index in [-0.39, 0.29) is 12.0 Å². The molecule has 3 atom stereocenters. The van der Waals surface area contributed by atoms with Crippen LogP contribution >= 0.6 is 0 Å². The van der Waals surface area contributed by atoms with Crippen molar-refractivity contribution in [1.29, 1.82) is 0 Å². The minimum atomic E-state index is -0.683. The highest BCUT2D eigenvalue weighted by Gasteiger charge is 2.49. The van der Waals surface area contributed by atoms with Gasteiger partial charge in [-0.1, -0.05) is 0 Å². The van der Waals surface area contributed by atoms with Crippen LogP contribution in [0.3, 0.4) is 0 Å². The number of carbonyl (C=O) groups is 1. The molecule has 6 nitrogen and oxygen atoms in total. The molecule has 21 heavy (non-hydrogen) atoms. The second kappa shape index (κ2) is 5.52. The van der Waals surface area contributed by atoms with Crippen LogP contribution < -0.4 is 9.47 Å². The number of fused-ring (bicyclic) bond motifs is 2. The van der Waals surface area contributed by atoms with E-state index in [4.69, 9.17) is 9.47 Å². The van der Waals surface area contributed by atoms with Crippen LogP contribution in [-0.2, 0) is 11.3 Å². The van der Waals surface area contributed by atoms with Gasteiger partial charge in [-0.25, -0.2) is 0 Å². The topological polar surface area (TPSA) is 71.9 Å². The van der Waals surface area contributed by atoms with Crippen LogP contribution in [0.15, 0.2) is 12.3 Å². The molecule has 1 aromatic heterocycles. The number of pyridine rings is 1. The van der Waals surface area contributed by atoms with Crippen LogP contribution in [0.2, 0.25) is 0 Å². The molecule has 0 aromatic carbocycles. The first-order chi connectivity index (χ1) is 10.2. The zero-order chi connectivity index (χ0) is 15.0. The molecule has 114 valence electrons. The van der Waals surface area contributed by atoms with E-state index < -0.39 is 5.97 Å². The van der Waals surface area contributed by atoms with Crippen molar-refractivity contribution in [3.63, 3.8) is 0 Å². The molecule has 3 unspecified atom stereocenters. The minimum Gasteiger partial charge on any atom is -0.493 e. The first kappa shape index (κ1) is 14.1. The molecule has 3 heterocycles. The van der Waals surface area contributed by atoms with E-state index in [1.165, 1.54) is 0 Å². The van der Waals surface area contributed by atoms with Crippen molar-refractivity contribution in [2.24, 2.45) is 5.92 Å². The molecule has 0 radical (unpaired) electrons. The molecule has 0 spiro atoms. The molecule has 1 aromatic rings. The number of ether oxygens (including phenoxy) is 2. The van der Waals surface area contributed by atoms with Crippen molar-refractivity contribution in [3.05, 3.63) is 18.0 Å². The number of carboxylic acids is 1. The van der Waals surface area contributed by atoms with Crippen molar-refractivity contribution in [1.82, 2.24) is 9.88 Å². The number of methoxy groups -OCH3 is 2. The molecular formula is C15H20N2O4. The van der Waals surface area contributed by atoms with Gasteiger partial charge in [0.1, 0.15) is 5.69 Å². The summed E-state index contributed by atoms with van der Waals surface area (Å²) in [5.41, 5.74) is 0.805. The zero-order valence-corrected chi connectivity index (χ0v) is 12.3. The highest BCUT2D eigenvalue weighted by Crippen LogP contribution is 2.43. The van der Waals surface area contributed by atoms with Gasteiger partial charge in [0.2, 0.25) is 0 Å². The van der Waals surface area contributed by atoms with Gasteiger partial charge in [-0.3, -0.25) is 14.7 Å². The molecule has 6 heteroatoms. The Hall–Kier alpha value is -1.82. The van der Waals surface area contributed by atoms with Gasteiger partial charge in [0.05, 0.1) is 20.1 Å². The summed E-state index contributed by atoms with van der Waals surface area (Å²) in [5.74, 6) is 0.361. The molecule has 1 N–H and O–H groups in total. The summed E-state index contributed by atoms with van der Waals surface area (Å²) in [6.07, 6.45) is 4.46. The number of aromatic nitrogens is 1. The standard InChI is InChI=1S/C15H20N2O4/c1-20-13-5-6-16-11(14(13)21-2)8-17-9-3-4-12(17)10(7-9)15(18)19/h5-6,9-10,12H,3-4,7-8H2,1-2H3,(H,18,19). The Morgan fingerprint density at radius 1 is 1.43 bits per heavy atom. The molecule has 3 rings (SSSR count).